The summed E-state index contributed by atoms with van der Waals surface area (Å²) in [5.74, 6) is -0.622. The molecule has 2 aromatic rings. The third kappa shape index (κ3) is 10.7. The number of esters is 1. The second-order valence-electron chi connectivity index (χ2n) is 8.69. The van der Waals surface area contributed by atoms with Crippen molar-refractivity contribution in [1.82, 2.24) is 10.7 Å². The highest BCUT2D eigenvalue weighted by Gasteiger charge is 2.19. The van der Waals surface area contributed by atoms with Gasteiger partial charge in [0.15, 0.2) is 5.78 Å². The summed E-state index contributed by atoms with van der Waals surface area (Å²) in [5, 5.41) is 22.9. The van der Waals surface area contributed by atoms with Gasteiger partial charge in [0.25, 0.3) is 0 Å². The molecule has 0 saturated heterocycles. The van der Waals surface area contributed by atoms with Crippen molar-refractivity contribution in [2.24, 2.45) is 0 Å². The molecular weight excluding hydrogens is 482 g/mol. The molecule has 202 valence electrons. The Morgan fingerprint density at radius 1 is 1.05 bits per heavy atom. The van der Waals surface area contributed by atoms with Gasteiger partial charge >= 0.3 is 5.97 Å². The largest absolute Gasteiger partial charge is 0.489 e. The minimum Gasteiger partial charge on any atom is -0.489 e. The number of anilines is 1. The highest BCUT2D eigenvalue weighted by atomic mass is 17.1. The first-order valence-electron chi connectivity index (χ1n) is 12.0. The number of nitrogens with zero attached hydrogens (tertiary/aromatic N) is 1. The number of rotatable bonds is 15. The molecule has 2 aromatic carbocycles. The van der Waals surface area contributed by atoms with Gasteiger partial charge in [-0.15, -0.1) is 0 Å². The van der Waals surface area contributed by atoms with Crippen LogP contribution >= 0.6 is 0 Å². The number of ketones is 1. The molecule has 11 heteroatoms. The Balaban J connectivity index is 2.09. The molecule has 0 spiro atoms. The summed E-state index contributed by atoms with van der Waals surface area (Å²) < 4.78 is 11.6. The van der Waals surface area contributed by atoms with E-state index >= 15 is 0 Å². The van der Waals surface area contributed by atoms with Gasteiger partial charge in [-0.3, -0.25) is 20.0 Å². The first-order valence-corrected chi connectivity index (χ1v) is 12.0. The molecule has 11 nitrogen and oxygen atoms in total. The highest BCUT2D eigenvalue weighted by Crippen LogP contribution is 2.24. The zero-order chi connectivity index (χ0) is 27.4. The average Bonchev–Trinajstić information content (AvgIpc) is 2.85. The topological polar surface area (TPSA) is 147 Å². The molecule has 37 heavy (non-hydrogen) atoms. The Hall–Kier alpha value is -3.35. The van der Waals surface area contributed by atoms with Crippen LogP contribution < -0.4 is 15.4 Å². The molecule has 0 aliphatic heterocycles. The normalized spacial score (nSPS) is 11.9. The first kappa shape index (κ1) is 29.9. The van der Waals surface area contributed by atoms with Crippen LogP contribution in [0.25, 0.3) is 0 Å². The fraction of sp³-hybridized carbons (Fsp3) is 0.423. The molecular formula is C26H35N3O8. The van der Waals surface area contributed by atoms with E-state index in [2.05, 4.69) is 15.5 Å². The lowest BCUT2D eigenvalue weighted by molar-refractivity contribution is -0.497. The molecule has 1 amide bonds. The van der Waals surface area contributed by atoms with Crippen molar-refractivity contribution in [2.45, 2.75) is 59.3 Å². The van der Waals surface area contributed by atoms with Gasteiger partial charge in [-0.25, -0.2) is 9.63 Å². The predicted molar refractivity (Wildman–Crippen MR) is 134 cm³/mol. The van der Waals surface area contributed by atoms with E-state index in [1.165, 1.54) is 19.1 Å². The Morgan fingerprint density at radius 2 is 1.76 bits per heavy atom. The van der Waals surface area contributed by atoms with E-state index < -0.39 is 12.1 Å². The van der Waals surface area contributed by atoms with Gasteiger partial charge in [-0.05, 0) is 49.2 Å². The fourth-order valence-electron chi connectivity index (χ4n) is 3.23. The van der Waals surface area contributed by atoms with Crippen LogP contribution in [0.15, 0.2) is 42.5 Å². The summed E-state index contributed by atoms with van der Waals surface area (Å²) in [6.07, 6.45) is 0.422. The minimum atomic E-state index is -0.668. The smallest absolute Gasteiger partial charge is 0.338 e. The summed E-state index contributed by atoms with van der Waals surface area (Å²) in [7, 11) is 0. The van der Waals surface area contributed by atoms with Crippen molar-refractivity contribution in [3.8, 4) is 5.75 Å². The predicted octanol–water partition coefficient (Wildman–Crippen LogP) is 3.74. The van der Waals surface area contributed by atoms with E-state index in [4.69, 9.17) is 19.9 Å². The van der Waals surface area contributed by atoms with Crippen molar-refractivity contribution in [2.75, 3.05) is 18.5 Å². The number of carbonyl (C=O) groups is 3. The lowest BCUT2D eigenvalue weighted by atomic mass is 10.1. The van der Waals surface area contributed by atoms with Crippen LogP contribution in [0, 0.1) is 0 Å². The molecule has 0 aromatic heterocycles. The van der Waals surface area contributed by atoms with Crippen LogP contribution in [0.5, 0.6) is 5.75 Å². The standard InChI is InChI=1S/C26H35N3O8/c1-5-6-25(31)28-21-11-12-24(23(13-21)18(4)30)35-16-22(14-27-17(2)3)37-26(32)20-9-7-19(8-10-20)15-36-29(33)34/h7-13,17,22,27,33-34H,5-6,14-16H2,1-4H3,(H,28,31). The lowest BCUT2D eigenvalue weighted by Gasteiger charge is -2.21. The van der Waals surface area contributed by atoms with Crippen molar-refractivity contribution < 1.29 is 39.1 Å². The van der Waals surface area contributed by atoms with E-state index in [0.717, 1.165) is 0 Å². The molecule has 2 rings (SSSR count). The Labute approximate surface area is 216 Å². The van der Waals surface area contributed by atoms with Crippen LogP contribution in [-0.2, 0) is 21.0 Å². The molecule has 0 saturated carbocycles. The van der Waals surface area contributed by atoms with E-state index in [1.54, 1.807) is 30.3 Å². The van der Waals surface area contributed by atoms with Gasteiger partial charge in [-0.1, -0.05) is 32.9 Å². The maximum Gasteiger partial charge on any atom is 0.338 e. The third-order valence-corrected chi connectivity index (χ3v) is 5.11. The van der Waals surface area contributed by atoms with Gasteiger partial charge < -0.3 is 20.1 Å². The molecule has 1 unspecified atom stereocenters. The molecule has 0 bridgehead atoms. The minimum absolute atomic E-state index is 0.0119. The van der Waals surface area contributed by atoms with Crippen LogP contribution in [0.1, 0.15) is 66.8 Å². The van der Waals surface area contributed by atoms with E-state index in [0.29, 0.717) is 47.5 Å². The monoisotopic (exact) mass is 517 g/mol. The van der Waals surface area contributed by atoms with Gasteiger partial charge in [0.1, 0.15) is 18.5 Å². The molecule has 1 atom stereocenters. The molecule has 0 aliphatic carbocycles. The number of hydrogen-bond donors (Lipinski definition) is 4. The number of hydrogen-bond acceptors (Lipinski definition) is 10. The van der Waals surface area contributed by atoms with Gasteiger partial charge in [-0.2, -0.15) is 0 Å². The van der Waals surface area contributed by atoms with Crippen LogP contribution in [0.3, 0.4) is 0 Å². The van der Waals surface area contributed by atoms with Crippen LogP contribution in [0.4, 0.5) is 5.69 Å². The molecule has 0 fully saturated rings. The fourth-order valence-corrected chi connectivity index (χ4v) is 3.23. The van der Waals surface area contributed by atoms with Crippen molar-refractivity contribution in [1.29, 1.82) is 0 Å². The SMILES string of the molecule is CCCC(=O)Nc1ccc(OCC(CNC(C)C)OC(=O)c2ccc(CON(O)O)cc2)c(C(C)=O)c1. The summed E-state index contributed by atoms with van der Waals surface area (Å²) in [5.41, 5.74) is 1.70. The van der Waals surface area contributed by atoms with E-state index in [1.807, 2.05) is 20.8 Å². The maximum atomic E-state index is 12.7. The second-order valence-corrected chi connectivity index (χ2v) is 8.69. The van der Waals surface area contributed by atoms with Crippen molar-refractivity contribution >= 4 is 23.3 Å². The number of ether oxygens (including phenoxy) is 2. The van der Waals surface area contributed by atoms with Gasteiger partial charge in [0.2, 0.25) is 5.91 Å². The van der Waals surface area contributed by atoms with Crippen LogP contribution in [-0.4, -0.2) is 58.8 Å². The molecule has 0 radical (unpaired) electrons. The van der Waals surface area contributed by atoms with Gasteiger partial charge in [0.05, 0.1) is 23.1 Å². The second kappa shape index (κ2) is 15.0. The van der Waals surface area contributed by atoms with Crippen molar-refractivity contribution in [3.63, 3.8) is 0 Å². The first-order chi connectivity index (χ1) is 17.6. The zero-order valence-electron chi connectivity index (χ0n) is 21.5. The molecule has 0 heterocycles. The summed E-state index contributed by atoms with van der Waals surface area (Å²) in [6, 6.07) is 11.2. The highest BCUT2D eigenvalue weighted by molar-refractivity contribution is 5.99. The summed E-state index contributed by atoms with van der Waals surface area (Å²) in [4.78, 5) is 41.4. The number of amides is 1. The van der Waals surface area contributed by atoms with Crippen molar-refractivity contribution in [3.05, 3.63) is 59.2 Å². The average molecular weight is 518 g/mol. The quantitative estimate of drug-likeness (QED) is 0.156. The summed E-state index contributed by atoms with van der Waals surface area (Å²) in [6.45, 7) is 7.44. The number of benzene rings is 2. The number of carbonyl (C=O) groups excluding carboxylic acids is 3. The maximum absolute atomic E-state index is 12.7. The molecule has 0 aliphatic rings. The Morgan fingerprint density at radius 3 is 2.35 bits per heavy atom. The number of Topliss-reactive ketones (excluding diaryl/α,β-unsaturated/α-hetero) is 1. The van der Waals surface area contributed by atoms with Crippen LogP contribution in [0.2, 0.25) is 0 Å². The Bertz CT molecular complexity index is 1040. The summed E-state index contributed by atoms with van der Waals surface area (Å²) >= 11 is 0. The van der Waals surface area contributed by atoms with E-state index in [-0.39, 0.29) is 36.3 Å². The lowest BCUT2D eigenvalue weighted by Crippen LogP contribution is -2.38. The zero-order valence-corrected chi connectivity index (χ0v) is 21.5. The number of nitrogens with one attached hydrogen (secondary N) is 2. The Kier molecular flexibility index (Phi) is 12.1. The molecule has 4 N–H and O–H groups in total. The van der Waals surface area contributed by atoms with Gasteiger partial charge in [0, 0.05) is 24.7 Å². The third-order valence-electron chi connectivity index (χ3n) is 5.11. The van der Waals surface area contributed by atoms with E-state index in [9.17, 15) is 14.4 Å².